The van der Waals surface area contributed by atoms with Gasteiger partial charge in [-0.15, -0.1) is 0 Å². The first kappa shape index (κ1) is 21.1. The van der Waals surface area contributed by atoms with E-state index >= 15 is 0 Å². The molecule has 1 N–H and O–H groups in total. The highest BCUT2D eigenvalue weighted by Crippen LogP contribution is 2.24. The van der Waals surface area contributed by atoms with Crippen molar-refractivity contribution in [3.63, 3.8) is 0 Å². The summed E-state index contributed by atoms with van der Waals surface area (Å²) in [5, 5.41) is 3.00. The van der Waals surface area contributed by atoms with Crippen molar-refractivity contribution in [2.45, 2.75) is 19.4 Å². The summed E-state index contributed by atoms with van der Waals surface area (Å²) in [6.07, 6.45) is 4.70. The molecule has 0 radical (unpaired) electrons. The van der Waals surface area contributed by atoms with Gasteiger partial charge in [0.15, 0.2) is 0 Å². The molecule has 6 heteroatoms. The van der Waals surface area contributed by atoms with Gasteiger partial charge in [-0.25, -0.2) is 0 Å². The summed E-state index contributed by atoms with van der Waals surface area (Å²) >= 11 is 3.43. The first-order valence-corrected chi connectivity index (χ1v) is 10.5. The van der Waals surface area contributed by atoms with Crippen molar-refractivity contribution in [3.05, 3.63) is 70.2 Å². The molecule has 0 bridgehead atoms. The summed E-state index contributed by atoms with van der Waals surface area (Å²) in [5.74, 6) is 0.688. The van der Waals surface area contributed by atoms with E-state index in [1.807, 2.05) is 48.5 Å². The Morgan fingerprint density at radius 1 is 1.17 bits per heavy atom. The number of halogens is 1. The van der Waals surface area contributed by atoms with Gasteiger partial charge in [-0.2, -0.15) is 0 Å². The number of carbonyl (C=O) groups excluding carboxylic acids is 2. The molecule has 29 heavy (non-hydrogen) atoms. The number of benzene rings is 2. The Balaban J connectivity index is 1.49. The lowest BCUT2D eigenvalue weighted by molar-refractivity contribution is -0.132. The fourth-order valence-electron chi connectivity index (χ4n) is 3.39. The average molecular weight is 457 g/mol. The first-order chi connectivity index (χ1) is 14.1. The molecule has 0 atom stereocenters. The summed E-state index contributed by atoms with van der Waals surface area (Å²) in [4.78, 5) is 26.7. The van der Waals surface area contributed by atoms with Crippen molar-refractivity contribution in [2.24, 2.45) is 5.92 Å². The van der Waals surface area contributed by atoms with Crippen LogP contribution in [0.3, 0.4) is 0 Å². The van der Waals surface area contributed by atoms with Crippen LogP contribution in [0.15, 0.2) is 59.1 Å². The van der Waals surface area contributed by atoms with Gasteiger partial charge in [0.1, 0.15) is 5.75 Å². The van der Waals surface area contributed by atoms with E-state index in [4.69, 9.17) is 4.74 Å². The van der Waals surface area contributed by atoms with Crippen LogP contribution < -0.4 is 10.1 Å². The maximum Gasteiger partial charge on any atom is 0.246 e. The highest BCUT2D eigenvalue weighted by molar-refractivity contribution is 9.10. The number of amides is 2. The molecular weight excluding hydrogens is 432 g/mol. The number of nitrogens with one attached hydrogen (secondary N) is 1. The van der Waals surface area contributed by atoms with E-state index in [2.05, 4.69) is 21.2 Å². The molecular formula is C23H25BrN2O3. The second-order valence-electron chi connectivity index (χ2n) is 7.02. The van der Waals surface area contributed by atoms with Gasteiger partial charge in [0, 0.05) is 41.7 Å². The van der Waals surface area contributed by atoms with E-state index in [0.717, 1.165) is 15.6 Å². The number of rotatable bonds is 6. The van der Waals surface area contributed by atoms with E-state index in [1.165, 1.54) is 0 Å². The Bertz CT molecular complexity index is 875. The monoisotopic (exact) mass is 456 g/mol. The van der Waals surface area contributed by atoms with Crippen LogP contribution in [0.4, 0.5) is 0 Å². The lowest BCUT2D eigenvalue weighted by atomic mass is 9.95. The predicted molar refractivity (Wildman–Crippen MR) is 117 cm³/mol. The Morgan fingerprint density at radius 3 is 2.59 bits per heavy atom. The van der Waals surface area contributed by atoms with E-state index in [-0.39, 0.29) is 17.7 Å². The van der Waals surface area contributed by atoms with Crippen LogP contribution in [0.2, 0.25) is 0 Å². The Morgan fingerprint density at radius 2 is 1.90 bits per heavy atom. The van der Waals surface area contributed by atoms with Crippen molar-refractivity contribution < 1.29 is 14.3 Å². The fraction of sp³-hybridized carbons (Fsp3) is 0.304. The van der Waals surface area contributed by atoms with Crippen molar-refractivity contribution in [2.75, 3.05) is 20.2 Å². The number of piperidine rings is 1. The number of hydrogen-bond acceptors (Lipinski definition) is 3. The van der Waals surface area contributed by atoms with Crippen LogP contribution in [0, 0.1) is 5.92 Å². The molecule has 0 spiro atoms. The van der Waals surface area contributed by atoms with E-state index in [9.17, 15) is 9.59 Å². The highest BCUT2D eigenvalue weighted by atomic mass is 79.9. The van der Waals surface area contributed by atoms with E-state index in [0.29, 0.717) is 38.2 Å². The maximum atomic E-state index is 12.5. The molecule has 152 valence electrons. The predicted octanol–water partition coefficient (Wildman–Crippen LogP) is 4.03. The molecule has 0 aromatic heterocycles. The quantitative estimate of drug-likeness (QED) is 0.667. The molecule has 2 aromatic rings. The molecule has 1 heterocycles. The van der Waals surface area contributed by atoms with E-state index in [1.54, 1.807) is 24.2 Å². The molecule has 1 aliphatic rings. The number of carbonyl (C=O) groups is 2. The normalized spacial score (nSPS) is 14.8. The third kappa shape index (κ3) is 5.94. The first-order valence-electron chi connectivity index (χ1n) is 9.69. The number of nitrogens with zero attached hydrogens (tertiary/aromatic N) is 1. The highest BCUT2D eigenvalue weighted by Gasteiger charge is 2.26. The van der Waals surface area contributed by atoms with Gasteiger partial charge < -0.3 is 15.0 Å². The van der Waals surface area contributed by atoms with Gasteiger partial charge in [0.25, 0.3) is 0 Å². The minimum atomic E-state index is -0.0461. The zero-order chi connectivity index (χ0) is 20.6. The summed E-state index contributed by atoms with van der Waals surface area (Å²) in [6.45, 7) is 1.71. The molecule has 0 saturated carbocycles. The van der Waals surface area contributed by atoms with Crippen LogP contribution >= 0.6 is 15.9 Å². The van der Waals surface area contributed by atoms with Crippen molar-refractivity contribution in [1.82, 2.24) is 10.2 Å². The fourth-order valence-corrected chi connectivity index (χ4v) is 3.77. The van der Waals surface area contributed by atoms with Crippen LogP contribution in [0.25, 0.3) is 6.08 Å². The minimum absolute atomic E-state index is 0.0445. The van der Waals surface area contributed by atoms with E-state index < -0.39 is 0 Å². The van der Waals surface area contributed by atoms with Crippen molar-refractivity contribution in [1.29, 1.82) is 0 Å². The third-order valence-electron chi connectivity index (χ3n) is 5.08. The number of likely N-dealkylation sites (tertiary alicyclic amines) is 1. The topological polar surface area (TPSA) is 58.6 Å². The van der Waals surface area contributed by atoms with Gasteiger partial charge in [0.05, 0.1) is 7.11 Å². The summed E-state index contributed by atoms with van der Waals surface area (Å²) in [6, 6.07) is 15.5. The second kappa shape index (κ2) is 10.3. The largest absolute Gasteiger partial charge is 0.496 e. The summed E-state index contributed by atoms with van der Waals surface area (Å²) in [5.41, 5.74) is 1.92. The van der Waals surface area contributed by atoms with Crippen LogP contribution in [0.1, 0.15) is 24.0 Å². The third-order valence-corrected chi connectivity index (χ3v) is 5.58. The molecule has 2 amide bonds. The molecule has 3 rings (SSSR count). The van der Waals surface area contributed by atoms with Crippen LogP contribution in [-0.2, 0) is 16.1 Å². The Labute approximate surface area is 179 Å². The van der Waals surface area contributed by atoms with Crippen LogP contribution in [0.5, 0.6) is 5.75 Å². The average Bonchev–Trinajstić information content (AvgIpc) is 2.76. The SMILES string of the molecule is COc1ccc(Br)cc1C=CC(=O)N1CCC(C(=O)NCc2ccccc2)CC1. The zero-order valence-corrected chi connectivity index (χ0v) is 18.0. The molecule has 0 unspecified atom stereocenters. The minimum Gasteiger partial charge on any atom is -0.496 e. The second-order valence-corrected chi connectivity index (χ2v) is 7.94. The molecule has 1 aliphatic heterocycles. The lowest BCUT2D eigenvalue weighted by Gasteiger charge is -2.30. The standard InChI is InChI=1S/C23H25BrN2O3/c1-29-21-9-8-20(24)15-19(21)7-10-22(27)26-13-11-18(12-14-26)23(28)25-16-17-5-3-2-4-6-17/h2-10,15,18H,11-14,16H2,1H3,(H,25,28). The number of hydrogen-bond donors (Lipinski definition) is 1. The smallest absolute Gasteiger partial charge is 0.246 e. The van der Waals surface area contributed by atoms with Crippen LogP contribution in [-0.4, -0.2) is 36.9 Å². The number of ether oxygens (including phenoxy) is 1. The maximum absolute atomic E-state index is 12.5. The Kier molecular flexibility index (Phi) is 7.47. The zero-order valence-electron chi connectivity index (χ0n) is 16.4. The van der Waals surface area contributed by atoms with Gasteiger partial charge in [0.2, 0.25) is 11.8 Å². The molecule has 1 saturated heterocycles. The number of methoxy groups -OCH3 is 1. The molecule has 5 nitrogen and oxygen atoms in total. The van der Waals surface area contributed by atoms with Gasteiger partial charge in [-0.1, -0.05) is 46.3 Å². The van der Waals surface area contributed by atoms with Gasteiger partial charge in [-0.3, -0.25) is 9.59 Å². The summed E-state index contributed by atoms with van der Waals surface area (Å²) < 4.78 is 6.26. The van der Waals surface area contributed by atoms with Gasteiger partial charge >= 0.3 is 0 Å². The molecule has 1 fully saturated rings. The molecule has 2 aromatic carbocycles. The lowest BCUT2D eigenvalue weighted by Crippen LogP contribution is -2.42. The van der Waals surface area contributed by atoms with Gasteiger partial charge in [-0.05, 0) is 42.7 Å². The van der Waals surface area contributed by atoms with Crippen molar-refractivity contribution in [3.8, 4) is 5.75 Å². The van der Waals surface area contributed by atoms with Crippen molar-refractivity contribution >= 4 is 33.8 Å². The Hall–Kier alpha value is -2.60. The summed E-state index contributed by atoms with van der Waals surface area (Å²) in [7, 11) is 1.61. The molecule has 0 aliphatic carbocycles.